The fourth-order valence-corrected chi connectivity index (χ4v) is 4.20. The molecule has 4 aromatic rings. The van der Waals surface area contributed by atoms with Gasteiger partial charge in [0.05, 0.1) is 6.04 Å². The van der Waals surface area contributed by atoms with Crippen molar-refractivity contribution < 1.29 is 19.1 Å². The molecule has 5 N–H and O–H groups in total. The third-order valence-electron chi connectivity index (χ3n) is 5.66. The number of carbonyl (C=O) groups excluding carboxylic acids is 2. The number of hydrazine groups is 1. The van der Waals surface area contributed by atoms with Gasteiger partial charge in [0.25, 0.3) is 5.91 Å². The molecular weight excluding hydrogens is 456 g/mol. The zero-order valence-electron chi connectivity index (χ0n) is 17.8. The van der Waals surface area contributed by atoms with Crippen LogP contribution in [0.2, 0.25) is 5.02 Å². The summed E-state index contributed by atoms with van der Waals surface area (Å²) < 4.78 is 5.80. The number of aromatic hydroxyl groups is 1. The van der Waals surface area contributed by atoms with Gasteiger partial charge in [0.1, 0.15) is 23.1 Å². The molecule has 1 aromatic heterocycles. The van der Waals surface area contributed by atoms with E-state index in [1.165, 1.54) is 0 Å². The van der Waals surface area contributed by atoms with E-state index in [0.29, 0.717) is 33.7 Å². The van der Waals surface area contributed by atoms with E-state index < -0.39 is 11.9 Å². The minimum Gasteiger partial charge on any atom is -0.508 e. The van der Waals surface area contributed by atoms with Crippen LogP contribution in [0, 0.1) is 0 Å². The third-order valence-corrected chi connectivity index (χ3v) is 5.90. The fourth-order valence-electron chi connectivity index (χ4n) is 4.01. The van der Waals surface area contributed by atoms with Gasteiger partial charge in [0, 0.05) is 21.7 Å². The number of nitrogens with one attached hydrogen (secondary N) is 4. The van der Waals surface area contributed by atoms with E-state index in [1.807, 2.05) is 6.07 Å². The van der Waals surface area contributed by atoms with Crippen LogP contribution >= 0.6 is 11.6 Å². The van der Waals surface area contributed by atoms with E-state index in [-0.39, 0.29) is 29.1 Å². The largest absolute Gasteiger partial charge is 0.508 e. The number of amides is 2. The predicted molar refractivity (Wildman–Crippen MR) is 130 cm³/mol. The maximum atomic E-state index is 13.1. The highest BCUT2D eigenvalue weighted by Gasteiger charge is 2.33. The number of phenolic OH excluding ortho intramolecular Hbond substituents is 1. The van der Waals surface area contributed by atoms with Crippen LogP contribution in [0.1, 0.15) is 28.6 Å². The van der Waals surface area contributed by atoms with Gasteiger partial charge in [0.15, 0.2) is 0 Å². The molecule has 5 rings (SSSR count). The minimum absolute atomic E-state index is 0.0160. The van der Waals surface area contributed by atoms with Gasteiger partial charge in [-0.15, -0.1) is 0 Å². The number of hydrogen-bond acceptors (Lipinski definition) is 6. The summed E-state index contributed by atoms with van der Waals surface area (Å²) in [5, 5.41) is 16.8. The molecule has 2 atom stereocenters. The van der Waals surface area contributed by atoms with Crippen LogP contribution < -0.4 is 21.5 Å². The average molecular weight is 477 g/mol. The second-order valence-electron chi connectivity index (χ2n) is 7.94. The van der Waals surface area contributed by atoms with E-state index in [9.17, 15) is 14.7 Å². The molecule has 9 heteroatoms. The molecule has 8 nitrogen and oxygen atoms in total. The maximum Gasteiger partial charge on any atom is 0.293 e. The van der Waals surface area contributed by atoms with E-state index in [0.717, 1.165) is 0 Å². The van der Waals surface area contributed by atoms with E-state index >= 15 is 0 Å². The molecule has 0 spiro atoms. The number of fused-ring (bicyclic) bond motifs is 1. The van der Waals surface area contributed by atoms with Crippen LogP contribution in [0.5, 0.6) is 5.75 Å². The Bertz CT molecular complexity index is 1390. The predicted octanol–water partition coefficient (Wildman–Crippen LogP) is 4.59. The Morgan fingerprint density at radius 2 is 1.76 bits per heavy atom. The van der Waals surface area contributed by atoms with Crippen LogP contribution in [0.3, 0.4) is 0 Å². The first-order valence-corrected chi connectivity index (χ1v) is 11.1. The number of carbonyl (C=O) groups is 2. The van der Waals surface area contributed by atoms with Gasteiger partial charge in [-0.25, -0.2) is 10.9 Å². The highest BCUT2D eigenvalue weighted by Crippen LogP contribution is 2.33. The summed E-state index contributed by atoms with van der Waals surface area (Å²) in [4.78, 5) is 26.2. The van der Waals surface area contributed by atoms with E-state index in [4.69, 9.17) is 16.0 Å². The molecule has 1 saturated heterocycles. The zero-order valence-corrected chi connectivity index (χ0v) is 18.6. The van der Waals surface area contributed by atoms with Gasteiger partial charge in [-0.1, -0.05) is 48.0 Å². The summed E-state index contributed by atoms with van der Waals surface area (Å²) in [5.41, 5.74) is 7.97. The van der Waals surface area contributed by atoms with E-state index in [2.05, 4.69) is 21.5 Å². The number of para-hydroxylation sites is 2. The lowest BCUT2D eigenvalue weighted by molar-refractivity contribution is -0.117. The number of phenols is 1. The van der Waals surface area contributed by atoms with Gasteiger partial charge >= 0.3 is 0 Å². The molecule has 0 saturated carbocycles. The minimum atomic E-state index is -0.595. The average Bonchev–Trinajstić information content (AvgIpc) is 3.45. The van der Waals surface area contributed by atoms with Crippen molar-refractivity contribution in [1.82, 2.24) is 10.9 Å². The lowest BCUT2D eigenvalue weighted by Crippen LogP contribution is -2.39. The Morgan fingerprint density at radius 3 is 2.59 bits per heavy atom. The number of benzene rings is 3. The SMILES string of the molecule is O=C(Nc1cccc(Cl)c1)c1oc2ccccc2c1NC(=O)C1CC(c2ccccc2O)NN1. The van der Waals surface area contributed by atoms with Crippen LogP contribution in [-0.2, 0) is 4.79 Å². The Balaban J connectivity index is 1.38. The van der Waals surface area contributed by atoms with Crippen molar-refractivity contribution in [3.63, 3.8) is 0 Å². The first-order valence-electron chi connectivity index (χ1n) is 10.7. The first-order chi connectivity index (χ1) is 16.5. The number of furan rings is 1. The Hall–Kier alpha value is -3.85. The molecule has 1 aliphatic heterocycles. The summed E-state index contributed by atoms with van der Waals surface area (Å²) in [6, 6.07) is 20.0. The molecule has 2 amide bonds. The standard InChI is InChI=1S/C25H21ClN4O4/c26-14-6-5-7-15(12-14)27-25(33)23-22(17-9-2-4-11-21(17)34-23)28-24(32)19-13-18(29-30-19)16-8-1-3-10-20(16)31/h1-12,18-19,29-31H,13H2,(H,27,33)(H,28,32). The molecule has 3 aromatic carbocycles. The molecule has 172 valence electrons. The molecule has 2 unspecified atom stereocenters. The van der Waals surface area contributed by atoms with Crippen LogP contribution in [0.15, 0.2) is 77.2 Å². The summed E-state index contributed by atoms with van der Waals surface area (Å²) in [6.07, 6.45) is 0.406. The number of halogens is 1. The Morgan fingerprint density at radius 1 is 0.971 bits per heavy atom. The summed E-state index contributed by atoms with van der Waals surface area (Å²) in [7, 11) is 0. The second kappa shape index (κ2) is 9.18. The van der Waals surface area contributed by atoms with Crippen molar-refractivity contribution in [2.75, 3.05) is 10.6 Å². The number of anilines is 2. The molecule has 2 heterocycles. The summed E-state index contributed by atoms with van der Waals surface area (Å²) in [5.74, 6) is -0.714. The van der Waals surface area contributed by atoms with Crippen molar-refractivity contribution in [2.45, 2.75) is 18.5 Å². The van der Waals surface area contributed by atoms with Crippen LogP contribution in [-0.4, -0.2) is 23.0 Å². The van der Waals surface area contributed by atoms with Gasteiger partial charge < -0.3 is 20.2 Å². The first kappa shape index (κ1) is 22.0. The van der Waals surface area contributed by atoms with Crippen molar-refractivity contribution in [3.8, 4) is 5.75 Å². The van der Waals surface area contributed by atoms with Crippen molar-refractivity contribution in [2.24, 2.45) is 0 Å². The zero-order chi connectivity index (χ0) is 23.7. The second-order valence-corrected chi connectivity index (χ2v) is 8.38. The third kappa shape index (κ3) is 4.34. The molecule has 0 radical (unpaired) electrons. The normalized spacial score (nSPS) is 17.6. The Kier molecular flexibility index (Phi) is 5.93. The fraction of sp³-hybridized carbons (Fsp3) is 0.120. The topological polar surface area (TPSA) is 116 Å². The highest BCUT2D eigenvalue weighted by molar-refractivity contribution is 6.31. The lowest BCUT2D eigenvalue weighted by Gasteiger charge is -2.12. The Labute approximate surface area is 199 Å². The van der Waals surface area contributed by atoms with Gasteiger partial charge in [-0.3, -0.25) is 9.59 Å². The van der Waals surface area contributed by atoms with Crippen molar-refractivity contribution >= 4 is 45.8 Å². The number of hydrogen-bond donors (Lipinski definition) is 5. The van der Waals surface area contributed by atoms with Crippen molar-refractivity contribution in [3.05, 3.63) is 89.1 Å². The van der Waals surface area contributed by atoms with Gasteiger partial charge in [0.2, 0.25) is 11.7 Å². The summed E-state index contributed by atoms with van der Waals surface area (Å²) >= 11 is 6.02. The maximum absolute atomic E-state index is 13.1. The van der Waals surface area contributed by atoms with E-state index in [1.54, 1.807) is 66.7 Å². The molecule has 0 aliphatic carbocycles. The molecule has 34 heavy (non-hydrogen) atoms. The highest BCUT2D eigenvalue weighted by atomic mass is 35.5. The quantitative estimate of drug-likeness (QED) is 0.288. The molecular formula is C25H21ClN4O4. The summed E-state index contributed by atoms with van der Waals surface area (Å²) in [6.45, 7) is 0. The molecule has 1 fully saturated rings. The molecule has 1 aliphatic rings. The smallest absolute Gasteiger partial charge is 0.293 e. The van der Waals surface area contributed by atoms with Gasteiger partial charge in [-0.05, 0) is 42.8 Å². The van der Waals surface area contributed by atoms with Crippen LogP contribution in [0.25, 0.3) is 11.0 Å². The molecule has 0 bridgehead atoms. The monoisotopic (exact) mass is 476 g/mol. The van der Waals surface area contributed by atoms with Crippen LogP contribution in [0.4, 0.5) is 11.4 Å². The van der Waals surface area contributed by atoms with Gasteiger partial charge in [-0.2, -0.15) is 0 Å². The lowest BCUT2D eigenvalue weighted by atomic mass is 10.0. The number of rotatable bonds is 5. The van der Waals surface area contributed by atoms with Crippen molar-refractivity contribution in [1.29, 1.82) is 0 Å².